The average Bonchev–Trinajstić information content (AvgIpc) is 2.29. The summed E-state index contributed by atoms with van der Waals surface area (Å²) in [5, 5.41) is 2.10. The Labute approximate surface area is 102 Å². The lowest BCUT2D eigenvalue weighted by Gasteiger charge is -2.27. The van der Waals surface area contributed by atoms with Gasteiger partial charge in [-0.25, -0.2) is 15.0 Å². The van der Waals surface area contributed by atoms with Gasteiger partial charge in [0.25, 0.3) is 0 Å². The van der Waals surface area contributed by atoms with Crippen molar-refractivity contribution in [2.45, 2.75) is 26.7 Å². The summed E-state index contributed by atoms with van der Waals surface area (Å²) < 4.78 is 5.30. The van der Waals surface area contributed by atoms with Crippen molar-refractivity contribution in [2.75, 3.05) is 31.7 Å². The molecule has 2 rings (SSSR count). The van der Waals surface area contributed by atoms with Gasteiger partial charge in [-0.15, -0.1) is 0 Å². The van der Waals surface area contributed by atoms with Gasteiger partial charge in [0.05, 0.1) is 13.2 Å². The molecule has 0 saturated carbocycles. The van der Waals surface area contributed by atoms with Crippen LogP contribution < -0.4 is 5.43 Å². The van der Waals surface area contributed by atoms with Gasteiger partial charge in [-0.2, -0.15) is 0 Å². The highest BCUT2D eigenvalue weighted by molar-refractivity contribution is 5.28. The molecule has 17 heavy (non-hydrogen) atoms. The maximum atomic E-state index is 5.30. The lowest BCUT2D eigenvalue weighted by Crippen LogP contribution is -2.40. The summed E-state index contributed by atoms with van der Waals surface area (Å²) >= 11 is 0. The van der Waals surface area contributed by atoms with Crippen LogP contribution in [-0.4, -0.2) is 41.3 Å². The second-order valence-electron chi connectivity index (χ2n) is 4.62. The average molecular weight is 236 g/mol. The van der Waals surface area contributed by atoms with Gasteiger partial charge in [0.1, 0.15) is 0 Å². The van der Waals surface area contributed by atoms with Gasteiger partial charge >= 0.3 is 0 Å². The molecule has 94 valence electrons. The number of hydrogen-bond donors (Lipinski definition) is 1. The molecule has 0 aliphatic carbocycles. The van der Waals surface area contributed by atoms with E-state index in [-0.39, 0.29) is 0 Å². The molecule has 1 aromatic rings. The highest BCUT2D eigenvalue weighted by Gasteiger charge is 2.12. The van der Waals surface area contributed by atoms with Gasteiger partial charge in [0, 0.05) is 24.5 Å². The third-order valence-corrected chi connectivity index (χ3v) is 2.73. The van der Waals surface area contributed by atoms with E-state index in [2.05, 4.69) is 34.3 Å². The minimum Gasteiger partial charge on any atom is -0.379 e. The third-order valence-electron chi connectivity index (χ3n) is 2.73. The van der Waals surface area contributed by atoms with E-state index in [0.717, 1.165) is 37.7 Å². The first-order valence-electron chi connectivity index (χ1n) is 6.10. The molecule has 1 fully saturated rings. The molecule has 1 aliphatic heterocycles. The Morgan fingerprint density at radius 1 is 1.29 bits per heavy atom. The van der Waals surface area contributed by atoms with Gasteiger partial charge in [-0.3, -0.25) is 5.43 Å². The van der Waals surface area contributed by atoms with Crippen molar-refractivity contribution < 1.29 is 4.74 Å². The quantitative estimate of drug-likeness (QED) is 0.863. The molecule has 5 nitrogen and oxygen atoms in total. The number of nitrogens with zero attached hydrogens (tertiary/aromatic N) is 3. The van der Waals surface area contributed by atoms with Crippen molar-refractivity contribution in [3.05, 3.63) is 17.5 Å². The first-order chi connectivity index (χ1) is 8.15. The molecule has 0 unspecified atom stereocenters. The Hall–Kier alpha value is -1.20. The monoisotopic (exact) mass is 236 g/mol. The predicted octanol–water partition coefficient (Wildman–Crippen LogP) is 1.57. The zero-order chi connectivity index (χ0) is 12.3. The number of aryl methyl sites for hydroxylation is 1. The lowest BCUT2D eigenvalue weighted by atomic mass is 10.1. The van der Waals surface area contributed by atoms with Crippen molar-refractivity contribution in [3.8, 4) is 0 Å². The fourth-order valence-corrected chi connectivity index (χ4v) is 1.76. The number of hydrogen-bond acceptors (Lipinski definition) is 5. The van der Waals surface area contributed by atoms with E-state index in [1.807, 2.05) is 13.0 Å². The molecular formula is C12H20N4O. The van der Waals surface area contributed by atoms with Crippen LogP contribution >= 0.6 is 0 Å². The molecule has 0 bridgehead atoms. The van der Waals surface area contributed by atoms with E-state index >= 15 is 0 Å². The summed E-state index contributed by atoms with van der Waals surface area (Å²) in [6.45, 7) is 9.53. The van der Waals surface area contributed by atoms with E-state index in [1.165, 1.54) is 0 Å². The Bertz CT molecular complexity index is 375. The fourth-order valence-electron chi connectivity index (χ4n) is 1.76. The van der Waals surface area contributed by atoms with Gasteiger partial charge in [-0.05, 0) is 18.9 Å². The Kier molecular flexibility index (Phi) is 3.91. The number of ether oxygens (including phenoxy) is 1. The molecule has 1 N–H and O–H groups in total. The van der Waals surface area contributed by atoms with E-state index in [0.29, 0.717) is 11.9 Å². The molecule has 1 saturated heterocycles. The number of nitrogens with one attached hydrogen (secondary N) is 1. The zero-order valence-electron chi connectivity index (χ0n) is 10.7. The predicted molar refractivity (Wildman–Crippen MR) is 66.9 cm³/mol. The molecule has 1 aliphatic rings. The van der Waals surface area contributed by atoms with Crippen LogP contribution in [0.2, 0.25) is 0 Å². The second kappa shape index (κ2) is 5.42. The van der Waals surface area contributed by atoms with Crippen LogP contribution in [0.25, 0.3) is 0 Å². The van der Waals surface area contributed by atoms with Crippen LogP contribution in [0.3, 0.4) is 0 Å². The van der Waals surface area contributed by atoms with E-state index in [4.69, 9.17) is 4.74 Å². The van der Waals surface area contributed by atoms with Gasteiger partial charge in [0.2, 0.25) is 5.95 Å². The molecular weight excluding hydrogens is 216 g/mol. The standard InChI is InChI=1S/C12H20N4O/c1-9(2)11-8-10(3)13-12(14-11)15-16-4-6-17-7-5-16/h8-9H,4-7H2,1-3H3,(H,13,14,15). The zero-order valence-corrected chi connectivity index (χ0v) is 10.7. The summed E-state index contributed by atoms with van der Waals surface area (Å²) in [7, 11) is 0. The van der Waals surface area contributed by atoms with Crippen LogP contribution in [-0.2, 0) is 4.74 Å². The van der Waals surface area contributed by atoms with Crippen molar-refractivity contribution >= 4 is 5.95 Å². The van der Waals surface area contributed by atoms with Gasteiger partial charge in [-0.1, -0.05) is 13.8 Å². The maximum absolute atomic E-state index is 5.30. The first kappa shape index (κ1) is 12.3. The number of hydrazine groups is 1. The SMILES string of the molecule is Cc1cc(C(C)C)nc(NN2CCOCC2)n1. The van der Waals surface area contributed by atoms with Crippen LogP contribution in [0.1, 0.15) is 31.2 Å². The molecule has 0 amide bonds. The van der Waals surface area contributed by atoms with E-state index < -0.39 is 0 Å². The highest BCUT2D eigenvalue weighted by atomic mass is 16.5. The van der Waals surface area contributed by atoms with Crippen molar-refractivity contribution in [1.82, 2.24) is 15.0 Å². The van der Waals surface area contributed by atoms with Crippen molar-refractivity contribution in [1.29, 1.82) is 0 Å². The third kappa shape index (κ3) is 3.38. The number of aromatic nitrogens is 2. The van der Waals surface area contributed by atoms with Crippen LogP contribution in [0.5, 0.6) is 0 Å². The second-order valence-corrected chi connectivity index (χ2v) is 4.62. The Morgan fingerprint density at radius 2 is 2.00 bits per heavy atom. The Balaban J connectivity index is 2.09. The normalized spacial score (nSPS) is 17.4. The van der Waals surface area contributed by atoms with E-state index in [9.17, 15) is 0 Å². The fraction of sp³-hybridized carbons (Fsp3) is 0.667. The molecule has 2 heterocycles. The molecule has 0 spiro atoms. The van der Waals surface area contributed by atoms with Crippen molar-refractivity contribution in [2.24, 2.45) is 0 Å². The smallest absolute Gasteiger partial charge is 0.237 e. The molecule has 0 atom stereocenters. The summed E-state index contributed by atoms with van der Waals surface area (Å²) in [5.74, 6) is 1.11. The maximum Gasteiger partial charge on any atom is 0.237 e. The molecule has 0 aromatic carbocycles. The minimum absolute atomic E-state index is 0.418. The van der Waals surface area contributed by atoms with Crippen molar-refractivity contribution in [3.63, 3.8) is 0 Å². The summed E-state index contributed by atoms with van der Waals surface area (Å²) in [4.78, 5) is 8.93. The molecule has 0 radical (unpaired) electrons. The highest BCUT2D eigenvalue weighted by Crippen LogP contribution is 2.14. The summed E-state index contributed by atoms with van der Waals surface area (Å²) in [6, 6.07) is 2.04. The number of morpholine rings is 1. The molecule has 5 heteroatoms. The largest absolute Gasteiger partial charge is 0.379 e. The number of rotatable bonds is 3. The van der Waals surface area contributed by atoms with Gasteiger partial charge < -0.3 is 4.74 Å². The molecule has 1 aromatic heterocycles. The Morgan fingerprint density at radius 3 is 2.65 bits per heavy atom. The summed E-state index contributed by atoms with van der Waals surface area (Å²) in [6.07, 6.45) is 0. The topological polar surface area (TPSA) is 50.3 Å². The van der Waals surface area contributed by atoms with Crippen LogP contribution in [0.15, 0.2) is 6.07 Å². The lowest BCUT2D eigenvalue weighted by molar-refractivity contribution is 0.0492. The number of anilines is 1. The van der Waals surface area contributed by atoms with E-state index in [1.54, 1.807) is 0 Å². The first-order valence-corrected chi connectivity index (χ1v) is 6.10. The van der Waals surface area contributed by atoms with Crippen LogP contribution in [0.4, 0.5) is 5.95 Å². The van der Waals surface area contributed by atoms with Crippen LogP contribution in [0, 0.1) is 6.92 Å². The summed E-state index contributed by atoms with van der Waals surface area (Å²) in [5.41, 5.74) is 5.32. The minimum atomic E-state index is 0.418. The van der Waals surface area contributed by atoms with Gasteiger partial charge in [0.15, 0.2) is 0 Å².